The molecule has 3 rings (SSSR count). The fourth-order valence-electron chi connectivity index (χ4n) is 2.12. The first kappa shape index (κ1) is 19.4. The lowest BCUT2D eigenvalue weighted by atomic mass is 10.1. The van der Waals surface area contributed by atoms with E-state index >= 15 is 0 Å². The highest BCUT2D eigenvalue weighted by Gasteiger charge is 2.34. The summed E-state index contributed by atoms with van der Waals surface area (Å²) in [5.41, 5.74) is -1.30. The Morgan fingerprint density at radius 3 is 2.36 bits per heavy atom. The van der Waals surface area contributed by atoms with E-state index in [-0.39, 0.29) is 16.1 Å². The number of benzene rings is 1. The molecule has 0 bridgehead atoms. The van der Waals surface area contributed by atoms with Crippen molar-refractivity contribution in [2.45, 2.75) is 6.18 Å². The number of hydrogen-bond acceptors (Lipinski definition) is 5. The van der Waals surface area contributed by atoms with Crippen molar-refractivity contribution in [2.75, 3.05) is 5.32 Å². The number of nitrogens with one attached hydrogen (secondary N) is 2. The Morgan fingerprint density at radius 1 is 1.04 bits per heavy atom. The number of carbonyl (C=O) groups excluding carboxylic acids is 2. The van der Waals surface area contributed by atoms with Crippen molar-refractivity contribution in [1.29, 1.82) is 0 Å². The summed E-state index contributed by atoms with van der Waals surface area (Å²) in [7, 11) is 0. The van der Waals surface area contributed by atoms with Gasteiger partial charge in [0.2, 0.25) is 5.95 Å². The summed E-state index contributed by atoms with van der Waals surface area (Å²) in [6.45, 7) is 0. The van der Waals surface area contributed by atoms with Gasteiger partial charge in [0.05, 0.1) is 10.6 Å². The molecule has 0 atom stereocenters. The summed E-state index contributed by atoms with van der Waals surface area (Å²) in [5.74, 6) is -1.96. The third-order valence-electron chi connectivity index (χ3n) is 3.35. The summed E-state index contributed by atoms with van der Waals surface area (Å²) >= 11 is 1.08. The van der Waals surface area contributed by atoms with Crippen molar-refractivity contribution in [3.63, 3.8) is 0 Å². The molecule has 144 valence electrons. The molecule has 1 aromatic carbocycles. The minimum Gasteiger partial charge on any atom is -0.276 e. The van der Waals surface area contributed by atoms with E-state index in [1.54, 1.807) is 11.4 Å². The van der Waals surface area contributed by atoms with Crippen molar-refractivity contribution < 1.29 is 27.2 Å². The number of imide groups is 1. The van der Waals surface area contributed by atoms with Crippen LogP contribution in [0.1, 0.15) is 15.4 Å². The highest BCUT2D eigenvalue weighted by molar-refractivity contribution is 7.12. The average Bonchev–Trinajstić information content (AvgIpc) is 3.16. The summed E-state index contributed by atoms with van der Waals surface area (Å²) in [6, 6.07) is 7.25. The molecule has 0 radical (unpaired) electrons. The fraction of sp³-hybridized carbons (Fsp3) is 0.0588. The summed E-state index contributed by atoms with van der Waals surface area (Å²) in [6.07, 6.45) is -4.81. The Hall–Kier alpha value is -3.34. The van der Waals surface area contributed by atoms with Gasteiger partial charge in [0.1, 0.15) is 5.82 Å². The second-order valence-corrected chi connectivity index (χ2v) is 6.30. The first-order chi connectivity index (χ1) is 13.2. The zero-order valence-electron chi connectivity index (χ0n) is 13.7. The lowest BCUT2D eigenvalue weighted by Crippen LogP contribution is -2.34. The number of alkyl halides is 3. The maximum atomic E-state index is 13.1. The first-order valence-electron chi connectivity index (χ1n) is 7.60. The smallest absolute Gasteiger partial charge is 0.276 e. The number of thiophene rings is 1. The SMILES string of the molecule is O=C(NC(=O)c1cccs1)Nc1nc(-c2ccc(F)cc2)cc(C(F)(F)F)n1. The van der Waals surface area contributed by atoms with Crippen LogP contribution in [0.5, 0.6) is 0 Å². The molecule has 2 heterocycles. The lowest BCUT2D eigenvalue weighted by Gasteiger charge is -2.11. The maximum absolute atomic E-state index is 13.1. The molecule has 3 aromatic rings. The highest BCUT2D eigenvalue weighted by atomic mass is 32.1. The predicted octanol–water partition coefficient (Wildman–Crippen LogP) is 4.32. The predicted molar refractivity (Wildman–Crippen MR) is 93.2 cm³/mol. The normalized spacial score (nSPS) is 11.1. The van der Waals surface area contributed by atoms with E-state index in [0.717, 1.165) is 23.5 Å². The van der Waals surface area contributed by atoms with Gasteiger partial charge in [-0.1, -0.05) is 6.07 Å². The molecule has 0 aliphatic rings. The van der Waals surface area contributed by atoms with E-state index < -0.39 is 35.6 Å². The monoisotopic (exact) mass is 410 g/mol. The van der Waals surface area contributed by atoms with Crippen LogP contribution in [0.4, 0.5) is 28.3 Å². The van der Waals surface area contributed by atoms with Crippen molar-refractivity contribution in [2.24, 2.45) is 0 Å². The van der Waals surface area contributed by atoms with Crippen LogP contribution in [0.2, 0.25) is 0 Å². The molecule has 2 N–H and O–H groups in total. The zero-order chi connectivity index (χ0) is 20.3. The number of hydrogen-bond donors (Lipinski definition) is 2. The molecule has 28 heavy (non-hydrogen) atoms. The average molecular weight is 410 g/mol. The molecule has 0 saturated carbocycles. The molecule has 0 aliphatic heterocycles. The number of nitrogens with zero attached hydrogens (tertiary/aromatic N) is 2. The van der Waals surface area contributed by atoms with E-state index in [0.29, 0.717) is 6.07 Å². The van der Waals surface area contributed by atoms with E-state index in [4.69, 9.17) is 0 Å². The van der Waals surface area contributed by atoms with Crippen LogP contribution in [-0.4, -0.2) is 21.9 Å². The van der Waals surface area contributed by atoms with Crippen LogP contribution < -0.4 is 10.6 Å². The van der Waals surface area contributed by atoms with Crippen molar-refractivity contribution in [3.05, 3.63) is 64.2 Å². The maximum Gasteiger partial charge on any atom is 0.433 e. The number of anilines is 1. The van der Waals surface area contributed by atoms with E-state index in [2.05, 4.69) is 9.97 Å². The molecule has 0 spiro atoms. The van der Waals surface area contributed by atoms with Gasteiger partial charge in [-0.2, -0.15) is 13.2 Å². The number of aromatic nitrogens is 2. The molecule has 3 amide bonds. The van der Waals surface area contributed by atoms with Gasteiger partial charge in [-0.15, -0.1) is 11.3 Å². The van der Waals surface area contributed by atoms with Crippen molar-refractivity contribution in [3.8, 4) is 11.3 Å². The number of urea groups is 1. The van der Waals surface area contributed by atoms with E-state index in [1.165, 1.54) is 18.2 Å². The van der Waals surface area contributed by atoms with Gasteiger partial charge in [0.15, 0.2) is 5.69 Å². The molecular formula is C17H10F4N4O2S. The molecular weight excluding hydrogens is 400 g/mol. The number of halogens is 4. The van der Waals surface area contributed by atoms with Gasteiger partial charge in [-0.05, 0) is 41.8 Å². The van der Waals surface area contributed by atoms with Gasteiger partial charge < -0.3 is 0 Å². The van der Waals surface area contributed by atoms with E-state index in [1.807, 2.05) is 10.6 Å². The topological polar surface area (TPSA) is 84.0 Å². The van der Waals surface area contributed by atoms with Gasteiger partial charge in [-0.25, -0.2) is 19.2 Å². The molecule has 11 heteroatoms. The van der Waals surface area contributed by atoms with Crippen LogP contribution >= 0.6 is 11.3 Å². The Morgan fingerprint density at radius 2 is 1.75 bits per heavy atom. The summed E-state index contributed by atoms with van der Waals surface area (Å²) < 4.78 is 52.4. The molecule has 0 aliphatic carbocycles. The van der Waals surface area contributed by atoms with Crippen molar-refractivity contribution in [1.82, 2.24) is 15.3 Å². The summed E-state index contributed by atoms with van der Waals surface area (Å²) in [5, 5.41) is 5.60. The Kier molecular flexibility index (Phi) is 5.36. The van der Waals surface area contributed by atoms with Gasteiger partial charge in [0.25, 0.3) is 5.91 Å². The Bertz CT molecular complexity index is 1000. The largest absolute Gasteiger partial charge is 0.433 e. The van der Waals surface area contributed by atoms with Crippen LogP contribution in [-0.2, 0) is 6.18 Å². The number of amides is 3. The molecule has 6 nitrogen and oxygen atoms in total. The van der Waals surface area contributed by atoms with Gasteiger partial charge in [0, 0.05) is 5.56 Å². The van der Waals surface area contributed by atoms with Crippen LogP contribution in [0.15, 0.2) is 47.8 Å². The second kappa shape index (κ2) is 7.72. The standard InChI is InChI=1S/C17H10F4N4O2S/c18-10-5-3-9(4-6-10)11-8-13(17(19,20)21)23-15(22-11)25-16(27)24-14(26)12-2-1-7-28-12/h1-8H,(H2,22,23,24,25,26,27). The lowest BCUT2D eigenvalue weighted by molar-refractivity contribution is -0.141. The molecule has 0 unspecified atom stereocenters. The minimum atomic E-state index is -4.81. The molecule has 0 saturated heterocycles. The van der Waals surface area contributed by atoms with E-state index in [9.17, 15) is 27.2 Å². The molecule has 2 aromatic heterocycles. The van der Waals surface area contributed by atoms with Gasteiger partial charge in [-0.3, -0.25) is 15.4 Å². The minimum absolute atomic E-state index is 0.179. The second-order valence-electron chi connectivity index (χ2n) is 5.35. The highest BCUT2D eigenvalue weighted by Crippen LogP contribution is 2.31. The Balaban J connectivity index is 1.87. The number of carbonyl (C=O) groups is 2. The van der Waals surface area contributed by atoms with Gasteiger partial charge >= 0.3 is 12.2 Å². The molecule has 0 fully saturated rings. The van der Waals surface area contributed by atoms with Crippen LogP contribution in [0.25, 0.3) is 11.3 Å². The summed E-state index contributed by atoms with van der Waals surface area (Å²) in [4.78, 5) is 31.1. The first-order valence-corrected chi connectivity index (χ1v) is 8.48. The Labute approximate surface area is 159 Å². The van der Waals surface area contributed by atoms with Crippen LogP contribution in [0.3, 0.4) is 0 Å². The fourth-order valence-corrected chi connectivity index (χ4v) is 2.74. The zero-order valence-corrected chi connectivity index (χ0v) is 14.6. The third-order valence-corrected chi connectivity index (χ3v) is 4.22. The van der Waals surface area contributed by atoms with Crippen molar-refractivity contribution >= 4 is 29.2 Å². The van der Waals surface area contributed by atoms with Crippen LogP contribution in [0, 0.1) is 5.82 Å². The quantitative estimate of drug-likeness (QED) is 0.630. The third kappa shape index (κ3) is 4.68. The number of rotatable bonds is 3.